The van der Waals surface area contributed by atoms with Gasteiger partial charge in [0.05, 0.1) is 14.2 Å². The van der Waals surface area contributed by atoms with Gasteiger partial charge in [0.25, 0.3) is 0 Å². The molecule has 0 aliphatic rings. The van der Waals surface area contributed by atoms with Crippen LogP contribution in [-0.4, -0.2) is 30.3 Å². The average molecular weight is 296 g/mol. The van der Waals surface area contributed by atoms with E-state index >= 15 is 0 Å². The van der Waals surface area contributed by atoms with Gasteiger partial charge in [-0.15, -0.1) is 0 Å². The highest BCUT2D eigenvalue weighted by molar-refractivity contribution is 6.30. The number of carboxylic acid groups (broad SMARTS) is 1. The second-order valence-electron chi connectivity index (χ2n) is 4.20. The molecule has 2 aromatic rings. The van der Waals surface area contributed by atoms with Gasteiger partial charge in [-0.25, -0.2) is 4.98 Å². The summed E-state index contributed by atoms with van der Waals surface area (Å²) in [6.45, 7) is 0. The first-order valence-corrected chi connectivity index (χ1v) is 6.36. The van der Waals surface area contributed by atoms with Gasteiger partial charge >= 0.3 is 5.97 Å². The Morgan fingerprint density at radius 3 is 2.55 bits per heavy atom. The molecule has 0 fully saturated rings. The highest BCUT2D eigenvalue weighted by Crippen LogP contribution is 2.34. The van der Waals surface area contributed by atoms with Crippen LogP contribution in [0.5, 0.6) is 11.5 Å². The summed E-state index contributed by atoms with van der Waals surface area (Å²) in [7, 11) is 3.11. The molecule has 0 saturated carbocycles. The third-order valence-electron chi connectivity index (χ3n) is 2.98. The number of benzene rings is 1. The van der Waals surface area contributed by atoms with Crippen LogP contribution in [0.3, 0.4) is 0 Å². The Hall–Kier alpha value is -2.01. The Balaban J connectivity index is 2.58. The quantitative estimate of drug-likeness (QED) is 0.859. The van der Waals surface area contributed by atoms with E-state index in [2.05, 4.69) is 4.98 Å². The Morgan fingerprint density at radius 2 is 1.95 bits per heavy atom. The number of aromatic nitrogens is 1. The standard InChI is InChI=1S/C14H14ClNO4/c1-19-10-4-5-11(20-2)13-9(10)7-8(14(15)16-13)3-6-12(17)18/h4-5,7H,3,6H2,1-2H3,(H,17,18). The molecule has 0 unspecified atom stereocenters. The van der Waals surface area contributed by atoms with Crippen LogP contribution in [0.15, 0.2) is 18.2 Å². The molecule has 0 spiro atoms. The van der Waals surface area contributed by atoms with Crippen LogP contribution in [0.25, 0.3) is 10.9 Å². The second-order valence-corrected chi connectivity index (χ2v) is 4.56. The highest BCUT2D eigenvalue weighted by atomic mass is 35.5. The van der Waals surface area contributed by atoms with E-state index in [-0.39, 0.29) is 11.6 Å². The lowest BCUT2D eigenvalue weighted by atomic mass is 10.1. The van der Waals surface area contributed by atoms with E-state index in [0.29, 0.717) is 29.0 Å². The van der Waals surface area contributed by atoms with Gasteiger partial charge in [-0.2, -0.15) is 0 Å². The van der Waals surface area contributed by atoms with Crippen molar-refractivity contribution in [3.63, 3.8) is 0 Å². The van der Waals surface area contributed by atoms with Gasteiger partial charge in [-0.3, -0.25) is 4.79 Å². The van der Waals surface area contributed by atoms with E-state index < -0.39 is 5.97 Å². The number of hydrogen-bond donors (Lipinski definition) is 1. The van der Waals surface area contributed by atoms with Crippen molar-refractivity contribution in [1.82, 2.24) is 4.98 Å². The molecule has 1 N–H and O–H groups in total. The number of pyridine rings is 1. The number of halogens is 1. The van der Waals surface area contributed by atoms with Crippen molar-refractivity contribution in [2.45, 2.75) is 12.8 Å². The normalized spacial score (nSPS) is 10.6. The van der Waals surface area contributed by atoms with Crippen LogP contribution in [0.1, 0.15) is 12.0 Å². The first-order valence-electron chi connectivity index (χ1n) is 5.98. The lowest BCUT2D eigenvalue weighted by Crippen LogP contribution is -2.00. The minimum absolute atomic E-state index is 0.000803. The Labute approximate surface area is 121 Å². The molecule has 5 nitrogen and oxygen atoms in total. The molecule has 1 aromatic heterocycles. The third kappa shape index (κ3) is 2.77. The van der Waals surface area contributed by atoms with Crippen molar-refractivity contribution in [1.29, 1.82) is 0 Å². The zero-order valence-corrected chi connectivity index (χ0v) is 11.9. The number of aryl methyl sites for hydroxylation is 1. The van der Waals surface area contributed by atoms with Crippen LogP contribution >= 0.6 is 11.6 Å². The number of rotatable bonds is 5. The van der Waals surface area contributed by atoms with E-state index in [1.54, 1.807) is 32.4 Å². The van der Waals surface area contributed by atoms with E-state index in [1.807, 2.05) is 0 Å². The van der Waals surface area contributed by atoms with Gasteiger partial charge in [-0.1, -0.05) is 11.6 Å². The summed E-state index contributed by atoms with van der Waals surface area (Å²) in [6.07, 6.45) is 0.316. The zero-order chi connectivity index (χ0) is 14.7. The molecule has 0 bridgehead atoms. The molecule has 1 aromatic carbocycles. The minimum atomic E-state index is -0.876. The molecule has 0 amide bonds. The maximum Gasteiger partial charge on any atom is 0.303 e. The third-order valence-corrected chi connectivity index (χ3v) is 3.31. The summed E-state index contributed by atoms with van der Waals surface area (Å²) in [5.41, 5.74) is 1.27. The number of carbonyl (C=O) groups is 1. The molecular weight excluding hydrogens is 282 g/mol. The Morgan fingerprint density at radius 1 is 1.30 bits per heavy atom. The summed E-state index contributed by atoms with van der Waals surface area (Å²) in [5.74, 6) is 0.354. The number of fused-ring (bicyclic) bond motifs is 1. The minimum Gasteiger partial charge on any atom is -0.496 e. The SMILES string of the molecule is COc1ccc(OC)c2nc(Cl)c(CCC(=O)O)cc12. The fourth-order valence-electron chi connectivity index (χ4n) is 1.99. The average Bonchev–Trinajstić information content (AvgIpc) is 2.43. The number of aliphatic carboxylic acids is 1. The molecule has 0 aliphatic carbocycles. The van der Waals surface area contributed by atoms with Crippen LogP contribution in [0, 0.1) is 0 Å². The monoisotopic (exact) mass is 295 g/mol. The molecule has 20 heavy (non-hydrogen) atoms. The van der Waals surface area contributed by atoms with Gasteiger partial charge in [0.1, 0.15) is 22.2 Å². The van der Waals surface area contributed by atoms with Crippen molar-refractivity contribution in [3.8, 4) is 11.5 Å². The van der Waals surface area contributed by atoms with Crippen molar-refractivity contribution in [3.05, 3.63) is 28.9 Å². The number of methoxy groups -OCH3 is 2. The molecule has 6 heteroatoms. The maximum atomic E-state index is 10.7. The van der Waals surface area contributed by atoms with E-state index in [1.165, 1.54) is 0 Å². The molecular formula is C14H14ClNO4. The number of ether oxygens (including phenoxy) is 2. The van der Waals surface area contributed by atoms with E-state index in [4.69, 9.17) is 26.2 Å². The van der Waals surface area contributed by atoms with Gasteiger partial charge in [0, 0.05) is 11.8 Å². The van der Waals surface area contributed by atoms with Crippen LogP contribution < -0.4 is 9.47 Å². The number of hydrogen-bond acceptors (Lipinski definition) is 4. The predicted octanol–water partition coefficient (Wildman–Crippen LogP) is 2.92. The first kappa shape index (κ1) is 14.4. The highest BCUT2D eigenvalue weighted by Gasteiger charge is 2.13. The lowest BCUT2D eigenvalue weighted by Gasteiger charge is -2.11. The van der Waals surface area contributed by atoms with Gasteiger partial charge < -0.3 is 14.6 Å². The van der Waals surface area contributed by atoms with Crippen molar-refractivity contribution >= 4 is 28.5 Å². The Kier molecular flexibility index (Phi) is 4.29. The van der Waals surface area contributed by atoms with Gasteiger partial charge in [-0.05, 0) is 30.2 Å². The topological polar surface area (TPSA) is 68.7 Å². The van der Waals surface area contributed by atoms with Gasteiger partial charge in [0.2, 0.25) is 0 Å². The summed E-state index contributed by atoms with van der Waals surface area (Å²) < 4.78 is 10.5. The first-order chi connectivity index (χ1) is 9.56. The zero-order valence-electron chi connectivity index (χ0n) is 11.1. The summed E-state index contributed by atoms with van der Waals surface area (Å²) in [5, 5.41) is 9.78. The van der Waals surface area contributed by atoms with Crippen molar-refractivity contribution in [2.24, 2.45) is 0 Å². The molecule has 0 saturated heterocycles. The molecule has 0 radical (unpaired) electrons. The van der Waals surface area contributed by atoms with Crippen LogP contribution in [0.2, 0.25) is 5.15 Å². The number of carboxylic acids is 1. The van der Waals surface area contributed by atoms with Crippen LogP contribution in [0.4, 0.5) is 0 Å². The molecule has 2 rings (SSSR count). The summed E-state index contributed by atoms with van der Waals surface area (Å²) in [6, 6.07) is 5.33. The number of nitrogens with zero attached hydrogens (tertiary/aromatic N) is 1. The fraction of sp³-hybridized carbons (Fsp3) is 0.286. The summed E-state index contributed by atoms with van der Waals surface area (Å²) in [4.78, 5) is 15.0. The molecule has 1 heterocycles. The van der Waals surface area contributed by atoms with Crippen LogP contribution in [-0.2, 0) is 11.2 Å². The lowest BCUT2D eigenvalue weighted by molar-refractivity contribution is -0.136. The van der Waals surface area contributed by atoms with Crippen molar-refractivity contribution in [2.75, 3.05) is 14.2 Å². The smallest absolute Gasteiger partial charge is 0.303 e. The molecule has 0 aliphatic heterocycles. The van der Waals surface area contributed by atoms with Crippen molar-refractivity contribution < 1.29 is 19.4 Å². The fourth-order valence-corrected chi connectivity index (χ4v) is 2.22. The molecule has 106 valence electrons. The summed E-state index contributed by atoms with van der Waals surface area (Å²) >= 11 is 6.11. The Bertz CT molecular complexity index is 657. The molecule has 0 atom stereocenters. The van der Waals surface area contributed by atoms with E-state index in [0.717, 1.165) is 5.39 Å². The second kappa shape index (κ2) is 5.96. The van der Waals surface area contributed by atoms with Gasteiger partial charge in [0.15, 0.2) is 0 Å². The predicted molar refractivity (Wildman–Crippen MR) is 75.8 cm³/mol. The maximum absolute atomic E-state index is 10.7. The van der Waals surface area contributed by atoms with E-state index in [9.17, 15) is 4.79 Å². The largest absolute Gasteiger partial charge is 0.496 e.